The number of thiophene rings is 1. The van der Waals surface area contributed by atoms with Gasteiger partial charge in [-0.2, -0.15) is 4.31 Å². The fourth-order valence-corrected chi connectivity index (χ4v) is 8.35. The number of carbonyl (C=O) groups excluding carboxylic acids is 1. The Morgan fingerprint density at radius 2 is 2.06 bits per heavy atom. The van der Waals surface area contributed by atoms with Crippen molar-refractivity contribution >= 4 is 65.6 Å². The lowest BCUT2D eigenvalue weighted by molar-refractivity contribution is -0.123. The summed E-state index contributed by atoms with van der Waals surface area (Å²) in [6.07, 6.45) is 5.05. The second-order valence-electron chi connectivity index (χ2n) is 8.08. The zero-order valence-electron chi connectivity index (χ0n) is 18.3. The molecule has 1 aromatic carbocycles. The van der Waals surface area contributed by atoms with E-state index in [1.54, 1.807) is 24.5 Å². The Morgan fingerprint density at radius 1 is 1.20 bits per heavy atom. The van der Waals surface area contributed by atoms with Gasteiger partial charge in [-0.1, -0.05) is 35.4 Å². The number of aromatic nitrogens is 2. The summed E-state index contributed by atoms with van der Waals surface area (Å²) in [5, 5.41) is 0.376. The zero-order chi connectivity index (χ0) is 24.6. The summed E-state index contributed by atoms with van der Waals surface area (Å²) in [6, 6.07) is 9.97. The van der Waals surface area contributed by atoms with Crippen LogP contribution in [0, 0.1) is 5.82 Å². The van der Waals surface area contributed by atoms with Crippen LogP contribution in [-0.4, -0.2) is 41.2 Å². The number of carbonyl (C=O) groups is 1. The maximum absolute atomic E-state index is 14.0. The average Bonchev–Trinajstić information content (AvgIpc) is 3.49. The first-order chi connectivity index (χ1) is 16.8. The minimum Gasteiger partial charge on any atom is -0.282 e. The summed E-state index contributed by atoms with van der Waals surface area (Å²) in [5.41, 5.74) is 1.33. The maximum Gasteiger partial charge on any atom is 0.253 e. The van der Waals surface area contributed by atoms with E-state index in [2.05, 4.69) is 9.97 Å². The van der Waals surface area contributed by atoms with Gasteiger partial charge >= 0.3 is 0 Å². The molecule has 5 rings (SSSR count). The molecule has 1 saturated heterocycles. The number of benzene rings is 1. The Hall–Kier alpha value is -2.44. The van der Waals surface area contributed by atoms with Crippen LogP contribution in [0.2, 0.25) is 4.34 Å². The summed E-state index contributed by atoms with van der Waals surface area (Å²) >= 11 is 8.16. The molecule has 4 heterocycles. The molecule has 1 unspecified atom stereocenters. The van der Waals surface area contributed by atoms with Gasteiger partial charge in [-0.05, 0) is 54.8 Å². The number of hydrogen-bond donors (Lipinski definition) is 0. The molecule has 182 valence electrons. The van der Waals surface area contributed by atoms with Gasteiger partial charge in [-0.3, -0.25) is 14.7 Å². The molecule has 7 nitrogen and oxygen atoms in total. The van der Waals surface area contributed by atoms with Gasteiger partial charge in [0.1, 0.15) is 16.1 Å². The topological polar surface area (TPSA) is 83.5 Å². The molecule has 1 atom stereocenters. The van der Waals surface area contributed by atoms with E-state index in [-0.39, 0.29) is 23.2 Å². The fraction of sp³-hybridized carbons (Fsp3) is 0.261. The lowest BCUT2D eigenvalue weighted by Gasteiger charge is -2.35. The van der Waals surface area contributed by atoms with Crippen molar-refractivity contribution < 1.29 is 17.6 Å². The molecule has 1 aliphatic rings. The fourth-order valence-electron chi connectivity index (χ4n) is 4.09. The number of piperidine rings is 1. The van der Waals surface area contributed by atoms with Crippen LogP contribution in [0.3, 0.4) is 0 Å². The molecule has 1 aliphatic heterocycles. The molecule has 1 amide bonds. The minimum atomic E-state index is -3.91. The highest BCUT2D eigenvalue weighted by atomic mass is 35.5. The number of anilines is 1. The molecular weight excluding hydrogens is 531 g/mol. The van der Waals surface area contributed by atoms with Gasteiger partial charge in [0.15, 0.2) is 5.13 Å². The molecule has 3 aromatic heterocycles. The summed E-state index contributed by atoms with van der Waals surface area (Å²) in [6.45, 7) is 0.393. The van der Waals surface area contributed by atoms with Crippen molar-refractivity contribution in [3.8, 4) is 0 Å². The monoisotopic (exact) mass is 550 g/mol. The number of hydrogen-bond acceptors (Lipinski definition) is 7. The molecule has 1 fully saturated rings. The number of rotatable bonds is 6. The van der Waals surface area contributed by atoms with Crippen LogP contribution in [0.15, 0.2) is 59.1 Å². The quantitative estimate of drug-likeness (QED) is 0.324. The van der Waals surface area contributed by atoms with E-state index in [4.69, 9.17) is 11.6 Å². The highest BCUT2D eigenvalue weighted by Gasteiger charge is 2.41. The summed E-state index contributed by atoms with van der Waals surface area (Å²) < 4.78 is 43.1. The molecule has 0 spiro atoms. The van der Waals surface area contributed by atoms with E-state index < -0.39 is 21.9 Å². The van der Waals surface area contributed by atoms with Crippen molar-refractivity contribution in [1.82, 2.24) is 14.3 Å². The Labute approximate surface area is 214 Å². The van der Waals surface area contributed by atoms with Crippen LogP contribution in [0.25, 0.3) is 10.2 Å². The van der Waals surface area contributed by atoms with E-state index in [0.29, 0.717) is 32.5 Å². The highest BCUT2D eigenvalue weighted by molar-refractivity contribution is 7.91. The van der Waals surface area contributed by atoms with Gasteiger partial charge in [0, 0.05) is 18.9 Å². The molecule has 0 radical (unpaired) electrons. The van der Waals surface area contributed by atoms with E-state index >= 15 is 0 Å². The second-order valence-corrected chi connectivity index (χ2v) is 12.9. The van der Waals surface area contributed by atoms with Gasteiger partial charge in [0.05, 0.1) is 21.1 Å². The highest BCUT2D eigenvalue weighted by Crippen LogP contribution is 2.35. The lowest BCUT2D eigenvalue weighted by atomic mass is 10.0. The van der Waals surface area contributed by atoms with Gasteiger partial charge in [-0.15, -0.1) is 11.3 Å². The number of nitrogens with zero attached hydrogens (tertiary/aromatic N) is 4. The molecule has 0 N–H and O–H groups in total. The first-order valence-electron chi connectivity index (χ1n) is 10.9. The largest absolute Gasteiger partial charge is 0.282 e. The van der Waals surface area contributed by atoms with Crippen molar-refractivity contribution in [3.05, 3.63) is 70.6 Å². The van der Waals surface area contributed by atoms with Crippen LogP contribution < -0.4 is 4.90 Å². The van der Waals surface area contributed by atoms with Gasteiger partial charge in [0.25, 0.3) is 10.0 Å². The van der Waals surface area contributed by atoms with E-state index in [0.717, 1.165) is 23.3 Å². The molecule has 0 aliphatic carbocycles. The molecule has 12 heteroatoms. The van der Waals surface area contributed by atoms with E-state index in [1.807, 2.05) is 6.07 Å². The molecule has 0 saturated carbocycles. The normalized spacial score (nSPS) is 17.0. The predicted octanol–water partition coefficient (Wildman–Crippen LogP) is 5.32. The maximum atomic E-state index is 14.0. The Bertz CT molecular complexity index is 1480. The van der Waals surface area contributed by atoms with Crippen molar-refractivity contribution in [2.75, 3.05) is 11.4 Å². The van der Waals surface area contributed by atoms with Crippen LogP contribution in [0.5, 0.6) is 0 Å². The van der Waals surface area contributed by atoms with Crippen molar-refractivity contribution in [1.29, 1.82) is 0 Å². The van der Waals surface area contributed by atoms with Crippen LogP contribution in [0.1, 0.15) is 24.8 Å². The summed E-state index contributed by atoms with van der Waals surface area (Å²) in [7, 11) is -3.91. The molecule has 0 bridgehead atoms. The SMILES string of the molecule is O=C(C1CCCCN1S(=O)(=O)c1ccc(Cl)s1)N(Cc1cccnc1)c1nc2ccc(F)cc2s1. The van der Waals surface area contributed by atoms with Crippen LogP contribution in [0.4, 0.5) is 9.52 Å². The number of amides is 1. The van der Waals surface area contributed by atoms with Gasteiger partial charge < -0.3 is 0 Å². The third-order valence-electron chi connectivity index (χ3n) is 5.75. The number of sulfonamides is 1. The van der Waals surface area contributed by atoms with Crippen LogP contribution >= 0.6 is 34.3 Å². The minimum absolute atomic E-state index is 0.108. The number of pyridine rings is 1. The van der Waals surface area contributed by atoms with Crippen molar-refractivity contribution in [3.63, 3.8) is 0 Å². The predicted molar refractivity (Wildman–Crippen MR) is 136 cm³/mol. The zero-order valence-corrected chi connectivity index (χ0v) is 21.5. The van der Waals surface area contributed by atoms with Crippen molar-refractivity contribution in [2.24, 2.45) is 0 Å². The lowest BCUT2D eigenvalue weighted by Crippen LogP contribution is -2.52. The number of halogens is 2. The average molecular weight is 551 g/mol. The molecule has 4 aromatic rings. The number of fused-ring (bicyclic) bond motifs is 1. The number of thiazole rings is 1. The van der Waals surface area contributed by atoms with Gasteiger partial charge in [-0.25, -0.2) is 17.8 Å². The van der Waals surface area contributed by atoms with E-state index in [9.17, 15) is 17.6 Å². The molecule has 35 heavy (non-hydrogen) atoms. The Morgan fingerprint density at radius 3 is 2.80 bits per heavy atom. The smallest absolute Gasteiger partial charge is 0.253 e. The third kappa shape index (κ3) is 4.96. The summed E-state index contributed by atoms with van der Waals surface area (Å²) in [4.78, 5) is 24.2. The van der Waals surface area contributed by atoms with Crippen LogP contribution in [-0.2, 0) is 21.4 Å². The first kappa shape index (κ1) is 24.3. The van der Waals surface area contributed by atoms with Gasteiger partial charge in [0.2, 0.25) is 5.91 Å². The molecular formula is C23H20ClFN4O3S3. The third-order valence-corrected chi connectivity index (χ3v) is 10.4. The Balaban J connectivity index is 1.54. The van der Waals surface area contributed by atoms with Crippen molar-refractivity contribution in [2.45, 2.75) is 36.1 Å². The Kier molecular flexibility index (Phi) is 6.86. The summed E-state index contributed by atoms with van der Waals surface area (Å²) in [5.74, 6) is -0.767. The standard InChI is InChI=1S/C23H20ClFN4O3S3/c24-20-8-9-21(34-20)35(31,32)29-11-2-1-5-18(29)22(30)28(14-15-4-3-10-26-13-15)23-27-17-7-6-16(25)12-19(17)33-23/h3-4,6-10,12-13,18H,1-2,5,11,14H2. The van der Waals surface area contributed by atoms with E-state index in [1.165, 1.54) is 44.8 Å². The first-order valence-corrected chi connectivity index (χ1v) is 14.3. The second kappa shape index (κ2) is 9.90.